The molecule has 0 saturated heterocycles. The summed E-state index contributed by atoms with van der Waals surface area (Å²) in [5.41, 5.74) is 4.22. The van der Waals surface area contributed by atoms with E-state index in [1.165, 1.54) is 46.8 Å². The minimum Gasteiger partial charge on any atom is -0.372 e. The molecule has 0 radical (unpaired) electrons. The van der Waals surface area contributed by atoms with Gasteiger partial charge in [-0.15, -0.1) is 20.5 Å². The maximum absolute atomic E-state index is 4.58. The Labute approximate surface area is 202 Å². The molecule has 0 N–H and O–H groups in total. The van der Waals surface area contributed by atoms with Crippen molar-refractivity contribution in [3.05, 3.63) is 60.2 Å². The lowest BCUT2D eigenvalue weighted by molar-refractivity contribution is 0.795. The van der Waals surface area contributed by atoms with Gasteiger partial charge in [0.1, 0.15) is 9.83 Å². The van der Waals surface area contributed by atoms with Crippen LogP contribution in [0.3, 0.4) is 0 Å². The Morgan fingerprint density at radius 2 is 1.45 bits per heavy atom. The summed E-state index contributed by atoms with van der Waals surface area (Å²) < 4.78 is 1.05. The fraction of sp³-hybridized carbons (Fsp3) is 0.320. The average molecular weight is 477 g/mol. The molecule has 33 heavy (non-hydrogen) atoms. The van der Waals surface area contributed by atoms with Crippen LogP contribution in [0.1, 0.15) is 39.2 Å². The lowest BCUT2D eigenvalue weighted by atomic mass is 10.1. The van der Waals surface area contributed by atoms with Crippen molar-refractivity contribution in [2.75, 3.05) is 18.0 Å². The van der Waals surface area contributed by atoms with E-state index in [-0.39, 0.29) is 0 Å². The fourth-order valence-corrected chi connectivity index (χ4v) is 5.29. The Morgan fingerprint density at radius 1 is 0.788 bits per heavy atom. The normalized spacial score (nSPS) is 11.8. The summed E-state index contributed by atoms with van der Waals surface area (Å²) in [6.07, 6.45) is 3.53. The van der Waals surface area contributed by atoms with Crippen LogP contribution in [-0.2, 0) is 6.42 Å². The van der Waals surface area contributed by atoms with E-state index in [2.05, 4.69) is 75.4 Å². The van der Waals surface area contributed by atoms with Crippen molar-refractivity contribution in [3.8, 4) is 0 Å². The van der Waals surface area contributed by atoms with E-state index in [0.29, 0.717) is 5.13 Å². The Bertz CT molecular complexity index is 1190. The van der Waals surface area contributed by atoms with Crippen LogP contribution in [-0.4, -0.2) is 18.1 Å². The number of rotatable bonds is 10. The molecular weight excluding hydrogens is 448 g/mol. The van der Waals surface area contributed by atoms with Crippen molar-refractivity contribution in [3.63, 3.8) is 0 Å². The predicted molar refractivity (Wildman–Crippen MR) is 141 cm³/mol. The zero-order valence-electron chi connectivity index (χ0n) is 19.2. The summed E-state index contributed by atoms with van der Waals surface area (Å²) in [6.45, 7) is 8.49. The van der Waals surface area contributed by atoms with Crippen LogP contribution >= 0.6 is 22.7 Å². The van der Waals surface area contributed by atoms with Gasteiger partial charge in [-0.1, -0.05) is 48.2 Å². The van der Waals surface area contributed by atoms with Crippen molar-refractivity contribution in [2.45, 2.75) is 40.0 Å². The number of unbranched alkanes of at least 4 members (excludes halogenated alkanes) is 1. The van der Waals surface area contributed by atoms with Gasteiger partial charge in [0.05, 0.1) is 16.1 Å². The molecule has 8 heteroatoms. The van der Waals surface area contributed by atoms with Crippen molar-refractivity contribution in [2.24, 2.45) is 20.5 Å². The SMILES string of the molecule is CCCCc1ccc(/N=N/c2cc3sc(/N=N/c4ccc(N(CC)CC)cc4)nc3s2)cc1. The second-order valence-corrected chi connectivity index (χ2v) is 9.63. The molecule has 0 unspecified atom stereocenters. The molecule has 0 bridgehead atoms. The Balaban J connectivity index is 1.39. The molecule has 0 aliphatic heterocycles. The molecule has 0 fully saturated rings. The zero-order valence-corrected chi connectivity index (χ0v) is 20.9. The molecule has 170 valence electrons. The zero-order chi connectivity index (χ0) is 23.0. The number of thiophene rings is 1. The summed E-state index contributed by atoms with van der Waals surface area (Å²) in [4.78, 5) is 7.79. The second-order valence-electron chi connectivity index (χ2n) is 7.61. The van der Waals surface area contributed by atoms with E-state index < -0.39 is 0 Å². The first kappa shape index (κ1) is 23.2. The lowest BCUT2D eigenvalue weighted by Gasteiger charge is -2.20. The summed E-state index contributed by atoms with van der Waals surface area (Å²) >= 11 is 3.03. The van der Waals surface area contributed by atoms with Gasteiger partial charge in [-0.25, -0.2) is 4.98 Å². The van der Waals surface area contributed by atoms with Crippen LogP contribution in [0.4, 0.5) is 27.2 Å². The number of anilines is 1. The first-order chi connectivity index (χ1) is 16.2. The van der Waals surface area contributed by atoms with Gasteiger partial charge in [0.2, 0.25) is 5.13 Å². The van der Waals surface area contributed by atoms with Crippen LogP contribution in [0.15, 0.2) is 75.1 Å². The molecule has 0 amide bonds. The highest BCUT2D eigenvalue weighted by molar-refractivity contribution is 7.30. The molecule has 2 aromatic heterocycles. The molecule has 0 atom stereocenters. The third-order valence-electron chi connectivity index (χ3n) is 5.31. The summed E-state index contributed by atoms with van der Waals surface area (Å²) in [6, 6.07) is 18.5. The van der Waals surface area contributed by atoms with Crippen molar-refractivity contribution in [1.29, 1.82) is 0 Å². The molecule has 0 aliphatic rings. The molecule has 4 rings (SSSR count). The van der Waals surface area contributed by atoms with Crippen LogP contribution in [0.5, 0.6) is 0 Å². The topological polar surface area (TPSA) is 65.6 Å². The van der Waals surface area contributed by atoms with Crippen molar-refractivity contribution < 1.29 is 0 Å². The van der Waals surface area contributed by atoms with Gasteiger partial charge in [-0.2, -0.15) is 0 Å². The monoisotopic (exact) mass is 476 g/mol. The molecule has 2 heterocycles. The van der Waals surface area contributed by atoms with Gasteiger partial charge >= 0.3 is 0 Å². The third-order valence-corrected chi connectivity index (χ3v) is 7.24. The first-order valence-electron chi connectivity index (χ1n) is 11.4. The quantitative estimate of drug-likeness (QED) is 0.214. The predicted octanol–water partition coefficient (Wildman–Crippen LogP) is 9.38. The maximum Gasteiger partial charge on any atom is 0.231 e. The fourth-order valence-electron chi connectivity index (χ4n) is 3.44. The van der Waals surface area contributed by atoms with Gasteiger partial charge in [-0.3, -0.25) is 0 Å². The Morgan fingerprint density at radius 3 is 2.09 bits per heavy atom. The van der Waals surface area contributed by atoms with Gasteiger partial charge < -0.3 is 4.90 Å². The Kier molecular flexibility index (Phi) is 7.91. The van der Waals surface area contributed by atoms with E-state index in [9.17, 15) is 0 Å². The molecule has 0 spiro atoms. The smallest absolute Gasteiger partial charge is 0.231 e. The molecular formula is C25H28N6S2. The van der Waals surface area contributed by atoms with Crippen LogP contribution in [0.2, 0.25) is 0 Å². The number of aromatic nitrogens is 1. The third kappa shape index (κ3) is 6.09. The minimum atomic E-state index is 0.648. The van der Waals surface area contributed by atoms with Crippen molar-refractivity contribution in [1.82, 2.24) is 4.98 Å². The number of hydrogen-bond donors (Lipinski definition) is 0. The summed E-state index contributed by atoms with van der Waals surface area (Å²) in [5, 5.41) is 18.9. The number of thiazole rings is 1. The van der Waals surface area contributed by atoms with Gasteiger partial charge in [0.15, 0.2) is 0 Å². The minimum absolute atomic E-state index is 0.648. The number of fused-ring (bicyclic) bond motifs is 1. The molecule has 0 saturated carbocycles. The standard InChI is InChI=1S/C25H28N6S2/c1-4-7-8-18-9-11-19(12-10-18)27-29-23-17-22-24(33-23)26-25(32-22)30-28-20-13-15-21(16-14-20)31(5-2)6-3/h9-17H,4-8H2,1-3H3/b29-27+,30-28+. The van der Waals surface area contributed by atoms with Crippen LogP contribution in [0.25, 0.3) is 9.53 Å². The van der Waals surface area contributed by atoms with Crippen LogP contribution in [0, 0.1) is 0 Å². The number of azo groups is 2. The van der Waals surface area contributed by atoms with Gasteiger partial charge in [0.25, 0.3) is 0 Å². The van der Waals surface area contributed by atoms with E-state index in [0.717, 1.165) is 45.4 Å². The van der Waals surface area contributed by atoms with E-state index >= 15 is 0 Å². The number of benzene rings is 2. The molecule has 6 nitrogen and oxygen atoms in total. The van der Waals surface area contributed by atoms with Gasteiger partial charge in [0, 0.05) is 18.8 Å². The number of aryl methyl sites for hydroxylation is 1. The summed E-state index contributed by atoms with van der Waals surface area (Å²) in [5.74, 6) is 0. The highest BCUT2D eigenvalue weighted by Crippen LogP contribution is 2.39. The Hall–Kier alpha value is -2.97. The van der Waals surface area contributed by atoms with E-state index in [4.69, 9.17) is 0 Å². The number of hydrogen-bond acceptors (Lipinski definition) is 8. The molecule has 2 aromatic carbocycles. The van der Waals surface area contributed by atoms with Crippen molar-refractivity contribution >= 4 is 59.4 Å². The van der Waals surface area contributed by atoms with E-state index in [1.807, 2.05) is 30.3 Å². The average Bonchev–Trinajstić information content (AvgIpc) is 3.41. The highest BCUT2D eigenvalue weighted by Gasteiger charge is 2.08. The molecule has 4 aromatic rings. The highest BCUT2D eigenvalue weighted by atomic mass is 32.1. The summed E-state index contributed by atoms with van der Waals surface area (Å²) in [7, 11) is 0. The van der Waals surface area contributed by atoms with Crippen LogP contribution < -0.4 is 4.90 Å². The number of nitrogens with zero attached hydrogens (tertiary/aromatic N) is 6. The molecule has 0 aliphatic carbocycles. The first-order valence-corrected chi connectivity index (χ1v) is 13.0. The second kappa shape index (κ2) is 11.2. The maximum atomic E-state index is 4.58. The lowest BCUT2D eigenvalue weighted by Crippen LogP contribution is -2.21. The largest absolute Gasteiger partial charge is 0.372 e. The van der Waals surface area contributed by atoms with E-state index in [1.54, 1.807) is 0 Å². The van der Waals surface area contributed by atoms with Gasteiger partial charge in [-0.05, 0) is 74.7 Å².